The molecule has 1 amide bonds. The first kappa shape index (κ1) is 28.5. The Kier molecular flexibility index (Phi) is 10.9. The fourth-order valence-corrected chi connectivity index (χ4v) is 3.42. The number of rotatable bonds is 13. The molecule has 0 bridgehead atoms. The highest BCUT2D eigenvalue weighted by molar-refractivity contribution is 7.85. The van der Waals surface area contributed by atoms with E-state index in [9.17, 15) is 13.2 Å². The van der Waals surface area contributed by atoms with Crippen LogP contribution in [0.2, 0.25) is 0 Å². The summed E-state index contributed by atoms with van der Waals surface area (Å²) in [6.45, 7) is 9.56. The third-order valence-electron chi connectivity index (χ3n) is 4.62. The van der Waals surface area contributed by atoms with Crippen LogP contribution < -0.4 is 5.32 Å². The molecule has 0 fully saturated rings. The van der Waals surface area contributed by atoms with E-state index in [1.165, 1.54) is 0 Å². The minimum Gasteiger partial charge on any atom is -0.444 e. The van der Waals surface area contributed by atoms with Crippen molar-refractivity contribution in [3.05, 3.63) is 83.9 Å². The van der Waals surface area contributed by atoms with Gasteiger partial charge in [0.15, 0.2) is 0 Å². The molecule has 192 valence electrons. The first-order chi connectivity index (χ1) is 16.4. The molecule has 0 unspecified atom stereocenters. The van der Waals surface area contributed by atoms with E-state index in [0.717, 1.165) is 17.4 Å². The Morgan fingerprint density at radius 1 is 0.943 bits per heavy atom. The van der Waals surface area contributed by atoms with Crippen molar-refractivity contribution in [1.29, 1.82) is 0 Å². The summed E-state index contributed by atoms with van der Waals surface area (Å²) in [5.74, 6) is 0. The summed E-state index contributed by atoms with van der Waals surface area (Å²) in [6.07, 6.45) is -1.23. The summed E-state index contributed by atoms with van der Waals surface area (Å²) >= 11 is 0. The van der Waals surface area contributed by atoms with Crippen molar-refractivity contribution in [3.63, 3.8) is 0 Å². The van der Waals surface area contributed by atoms with Crippen LogP contribution in [-0.4, -0.2) is 51.7 Å². The van der Waals surface area contributed by atoms with E-state index < -0.39 is 34.0 Å². The largest absolute Gasteiger partial charge is 0.444 e. The highest BCUT2D eigenvalue weighted by Gasteiger charge is 2.28. The number of carbonyl (C=O) groups is 1. The van der Waals surface area contributed by atoms with Crippen LogP contribution in [0.5, 0.6) is 0 Å². The number of carbonyl (C=O) groups excluding carboxylic acids is 1. The lowest BCUT2D eigenvalue weighted by Crippen LogP contribution is -2.41. The molecule has 0 aliphatic rings. The predicted octanol–water partition coefficient (Wildman–Crippen LogP) is 4.21. The van der Waals surface area contributed by atoms with E-state index >= 15 is 0 Å². The molecule has 0 aliphatic carbocycles. The molecule has 8 nitrogen and oxygen atoms in total. The van der Waals surface area contributed by atoms with Gasteiger partial charge >= 0.3 is 6.09 Å². The molecule has 0 aromatic heterocycles. The zero-order chi connectivity index (χ0) is 25.9. The second-order valence-corrected chi connectivity index (χ2v) is 10.7. The van der Waals surface area contributed by atoms with Crippen LogP contribution in [0.4, 0.5) is 4.79 Å². The lowest BCUT2D eigenvalue weighted by atomic mass is 10.1. The van der Waals surface area contributed by atoms with E-state index in [-0.39, 0.29) is 26.4 Å². The van der Waals surface area contributed by atoms with Crippen molar-refractivity contribution in [2.45, 2.75) is 51.8 Å². The van der Waals surface area contributed by atoms with E-state index in [1.54, 1.807) is 20.8 Å². The molecule has 0 heterocycles. The van der Waals surface area contributed by atoms with Gasteiger partial charge in [0.05, 0.1) is 26.1 Å². The van der Waals surface area contributed by atoms with Crippen LogP contribution in [0.15, 0.2) is 72.8 Å². The van der Waals surface area contributed by atoms with Crippen LogP contribution in [0.1, 0.15) is 31.9 Å². The topological polar surface area (TPSA) is 100 Å². The highest BCUT2D eigenvalue weighted by atomic mass is 32.2. The highest BCUT2D eigenvalue weighted by Crippen LogP contribution is 2.19. The van der Waals surface area contributed by atoms with Gasteiger partial charge in [-0.05, 0) is 37.5 Å². The van der Waals surface area contributed by atoms with Crippen molar-refractivity contribution in [3.8, 4) is 0 Å². The van der Waals surface area contributed by atoms with Gasteiger partial charge in [0.1, 0.15) is 17.8 Å². The average molecular weight is 506 g/mol. The summed E-state index contributed by atoms with van der Waals surface area (Å²) in [7, 11) is -3.73. The molecule has 0 saturated carbocycles. The van der Waals surface area contributed by atoms with Gasteiger partial charge in [0.25, 0.3) is 10.1 Å². The second kappa shape index (κ2) is 13.4. The number of hydrogen-bond donors (Lipinski definition) is 1. The first-order valence-corrected chi connectivity index (χ1v) is 13.0. The summed E-state index contributed by atoms with van der Waals surface area (Å²) < 4.78 is 46.0. The Hall–Kier alpha value is -2.72. The number of nitrogens with one attached hydrogen (secondary N) is 1. The number of benzene rings is 2. The van der Waals surface area contributed by atoms with Crippen molar-refractivity contribution in [1.82, 2.24) is 5.32 Å². The Morgan fingerprint density at radius 2 is 1.46 bits per heavy atom. The van der Waals surface area contributed by atoms with Gasteiger partial charge in [-0.2, -0.15) is 8.42 Å². The normalized spacial score (nSPS) is 13.6. The van der Waals surface area contributed by atoms with Crippen LogP contribution >= 0.6 is 0 Å². The lowest BCUT2D eigenvalue weighted by molar-refractivity contribution is -0.0846. The molecule has 2 atom stereocenters. The molecule has 0 saturated heterocycles. The Morgan fingerprint density at radius 3 is 1.94 bits per heavy atom. The molecule has 9 heteroatoms. The molecular weight excluding hydrogens is 470 g/mol. The summed E-state index contributed by atoms with van der Waals surface area (Å²) in [5.41, 5.74) is 1.63. The van der Waals surface area contributed by atoms with Gasteiger partial charge in [0, 0.05) is 6.54 Å². The van der Waals surface area contributed by atoms with Gasteiger partial charge < -0.3 is 19.5 Å². The maximum Gasteiger partial charge on any atom is 0.407 e. The van der Waals surface area contributed by atoms with Crippen LogP contribution in [0.3, 0.4) is 0 Å². The fourth-order valence-electron chi connectivity index (χ4n) is 3.04. The van der Waals surface area contributed by atoms with Crippen LogP contribution in [0, 0.1) is 0 Å². The smallest absolute Gasteiger partial charge is 0.407 e. The third-order valence-corrected chi connectivity index (χ3v) is 5.19. The van der Waals surface area contributed by atoms with Crippen molar-refractivity contribution >= 4 is 16.2 Å². The number of amides is 1. The maximum absolute atomic E-state index is 12.2. The average Bonchev–Trinajstić information content (AvgIpc) is 2.78. The number of hydrogen-bond acceptors (Lipinski definition) is 7. The number of ether oxygens (including phenoxy) is 3. The second-order valence-electron chi connectivity index (χ2n) is 9.05. The molecule has 35 heavy (non-hydrogen) atoms. The molecule has 0 aliphatic heterocycles. The van der Waals surface area contributed by atoms with Gasteiger partial charge in [-0.1, -0.05) is 67.2 Å². The van der Waals surface area contributed by atoms with E-state index in [2.05, 4.69) is 11.9 Å². The number of alkyl carbamates (subject to hydrolysis) is 1. The monoisotopic (exact) mass is 505 g/mol. The zero-order valence-electron chi connectivity index (χ0n) is 20.7. The van der Waals surface area contributed by atoms with Gasteiger partial charge in [-0.15, -0.1) is 0 Å². The van der Waals surface area contributed by atoms with Crippen LogP contribution in [0.25, 0.3) is 0 Å². The molecule has 2 aromatic carbocycles. The Balaban J connectivity index is 2.19. The Bertz CT molecular complexity index is 1030. The first-order valence-electron chi connectivity index (χ1n) is 11.2. The van der Waals surface area contributed by atoms with E-state index in [4.69, 9.17) is 18.4 Å². The van der Waals surface area contributed by atoms with Crippen molar-refractivity contribution in [2.75, 3.05) is 19.4 Å². The van der Waals surface area contributed by atoms with Crippen molar-refractivity contribution < 1.29 is 31.6 Å². The van der Waals surface area contributed by atoms with E-state index in [1.807, 2.05) is 60.7 Å². The fraction of sp³-hybridized carbons (Fsp3) is 0.423. The summed E-state index contributed by atoms with van der Waals surface area (Å²) in [5, 5.41) is 2.66. The SMILES string of the molecule is C=C(CNC(=O)OC(C)(C)C)[C@@H](OCc1ccccc1)[C@H](COS(C)(=O)=O)OCc1ccccc1. The quantitative estimate of drug-likeness (QED) is 0.321. The van der Waals surface area contributed by atoms with Gasteiger partial charge in [-0.25, -0.2) is 4.79 Å². The maximum atomic E-state index is 12.2. The molecule has 1 N–H and O–H groups in total. The van der Waals surface area contributed by atoms with Gasteiger partial charge in [0.2, 0.25) is 0 Å². The van der Waals surface area contributed by atoms with Crippen molar-refractivity contribution in [2.24, 2.45) is 0 Å². The molecular formula is C26H35NO7S. The van der Waals surface area contributed by atoms with Crippen LogP contribution in [-0.2, 0) is 41.7 Å². The minimum atomic E-state index is -3.73. The molecule has 0 spiro atoms. The molecule has 2 rings (SSSR count). The minimum absolute atomic E-state index is 0.0401. The molecule has 2 aromatic rings. The standard InChI is InChI=1S/C26H35NO7S/c1-20(16-27-25(28)34-26(2,3)4)24(32-18-22-14-10-7-11-15-22)23(19-33-35(5,29)30)31-17-21-12-8-6-9-13-21/h6-15,23-24H,1,16-19H2,2-5H3,(H,27,28)/t23-,24+/m0/s1. The summed E-state index contributed by atoms with van der Waals surface area (Å²) in [4.78, 5) is 12.2. The third kappa shape index (κ3) is 12.0. The Labute approximate surface area is 208 Å². The van der Waals surface area contributed by atoms with E-state index in [0.29, 0.717) is 5.57 Å². The van der Waals surface area contributed by atoms with Gasteiger partial charge in [-0.3, -0.25) is 4.18 Å². The lowest BCUT2D eigenvalue weighted by Gasteiger charge is -2.29. The predicted molar refractivity (Wildman–Crippen MR) is 134 cm³/mol. The molecule has 0 radical (unpaired) electrons. The zero-order valence-corrected chi connectivity index (χ0v) is 21.5. The summed E-state index contributed by atoms with van der Waals surface area (Å²) in [6, 6.07) is 18.9.